The number of rotatable bonds is 5. The van der Waals surface area contributed by atoms with Gasteiger partial charge in [-0.15, -0.1) is 0 Å². The molecule has 124 valence electrons. The summed E-state index contributed by atoms with van der Waals surface area (Å²) in [6, 6.07) is 18.8. The average Bonchev–Trinajstić information content (AvgIpc) is 3.11. The lowest BCUT2D eigenvalue weighted by molar-refractivity contribution is 0.178. The molecule has 0 spiro atoms. The molecule has 1 aliphatic rings. The molecule has 0 saturated carbocycles. The molecule has 3 rings (SSSR count). The van der Waals surface area contributed by atoms with Gasteiger partial charge in [0.1, 0.15) is 12.5 Å². The Labute approximate surface area is 145 Å². The van der Waals surface area contributed by atoms with Gasteiger partial charge in [0.15, 0.2) is 0 Å². The monoisotopic (exact) mass is 332 g/mol. The van der Waals surface area contributed by atoms with E-state index in [4.69, 9.17) is 15.7 Å². The van der Waals surface area contributed by atoms with Gasteiger partial charge in [-0.25, -0.2) is 0 Å². The Balaban J connectivity index is 1.93. The number of hydrogen-bond acceptors (Lipinski definition) is 7. The number of nitrogens with zero attached hydrogens (tertiary/aromatic N) is 4. The first-order chi connectivity index (χ1) is 12.2. The third kappa shape index (κ3) is 3.65. The quantitative estimate of drug-likeness (QED) is 0.719. The van der Waals surface area contributed by atoms with Crippen molar-refractivity contribution in [3.63, 3.8) is 0 Å². The van der Waals surface area contributed by atoms with Crippen LogP contribution in [0.25, 0.3) is 0 Å². The van der Waals surface area contributed by atoms with Crippen LogP contribution in [0, 0.1) is 22.7 Å². The van der Waals surface area contributed by atoms with Gasteiger partial charge in [0.2, 0.25) is 0 Å². The first-order valence-electron chi connectivity index (χ1n) is 7.69. The molecular weight excluding hydrogens is 316 g/mol. The molecule has 0 bridgehead atoms. The van der Waals surface area contributed by atoms with Crippen LogP contribution in [0.4, 0.5) is 0 Å². The molecule has 2 aromatic rings. The Morgan fingerprint density at radius 1 is 1.04 bits per heavy atom. The first kappa shape index (κ1) is 16.6. The van der Waals surface area contributed by atoms with E-state index in [0.29, 0.717) is 23.6 Å². The Hall–Kier alpha value is -3.23. The number of hydrogen-bond donors (Lipinski definition) is 3. The highest BCUT2D eigenvalue weighted by Crippen LogP contribution is 2.29. The van der Waals surface area contributed by atoms with E-state index in [2.05, 4.69) is 28.0 Å². The Morgan fingerprint density at radius 3 is 2.00 bits per heavy atom. The molecule has 1 aliphatic heterocycles. The van der Waals surface area contributed by atoms with Crippen LogP contribution >= 0.6 is 0 Å². The van der Waals surface area contributed by atoms with Crippen molar-refractivity contribution in [2.24, 2.45) is 4.99 Å². The summed E-state index contributed by atoms with van der Waals surface area (Å²) in [6.45, 7) is 0.644. The van der Waals surface area contributed by atoms with Crippen molar-refractivity contribution < 1.29 is 5.21 Å². The highest BCUT2D eigenvalue weighted by molar-refractivity contribution is 5.84. The van der Waals surface area contributed by atoms with Gasteiger partial charge < -0.3 is 10.6 Å². The lowest BCUT2D eigenvalue weighted by atomic mass is 9.96. The van der Waals surface area contributed by atoms with E-state index in [1.807, 2.05) is 29.3 Å². The highest BCUT2D eigenvalue weighted by atomic mass is 16.5. The third-order valence-electron chi connectivity index (χ3n) is 3.96. The molecule has 1 heterocycles. The molecule has 0 aliphatic carbocycles. The number of hydroxylamine groups is 1. The summed E-state index contributed by atoms with van der Waals surface area (Å²) in [5.41, 5.74) is 8.44. The van der Waals surface area contributed by atoms with Crippen molar-refractivity contribution in [3.05, 3.63) is 70.8 Å². The van der Waals surface area contributed by atoms with E-state index in [0.717, 1.165) is 11.1 Å². The molecular formula is C18H16N6O. The van der Waals surface area contributed by atoms with Crippen molar-refractivity contribution in [1.29, 1.82) is 10.5 Å². The molecule has 0 unspecified atom stereocenters. The third-order valence-corrected chi connectivity index (χ3v) is 3.96. The zero-order chi connectivity index (χ0) is 17.6. The van der Waals surface area contributed by atoms with E-state index in [9.17, 15) is 0 Å². The molecule has 0 fully saturated rings. The standard InChI is InChI=1S/C18H16N6O/c19-9-13-1-5-15(6-2-13)18(16-7-3-14(10-20)4-8-16)24-12-21-17(23-24)11-22-25/h1-8,18,22,25H,11-12H2,(H,21,23). The highest BCUT2D eigenvalue weighted by Gasteiger charge is 2.26. The lowest BCUT2D eigenvalue weighted by Crippen LogP contribution is -2.42. The second-order valence-electron chi connectivity index (χ2n) is 5.53. The summed E-state index contributed by atoms with van der Waals surface area (Å²) in [7, 11) is 0. The maximum Gasteiger partial charge on any atom is 0.129 e. The van der Waals surface area contributed by atoms with Crippen LogP contribution in [0.15, 0.2) is 53.5 Å². The minimum Gasteiger partial charge on any atom is -0.316 e. The van der Waals surface area contributed by atoms with Gasteiger partial charge >= 0.3 is 0 Å². The fourth-order valence-electron chi connectivity index (χ4n) is 2.75. The van der Waals surface area contributed by atoms with Crippen LogP contribution in [-0.2, 0) is 0 Å². The van der Waals surface area contributed by atoms with Crippen molar-refractivity contribution >= 4 is 5.84 Å². The molecule has 0 radical (unpaired) electrons. The van der Waals surface area contributed by atoms with Crippen LogP contribution in [0.2, 0.25) is 0 Å². The maximum atomic E-state index is 8.99. The number of amidine groups is 1. The van der Waals surface area contributed by atoms with Gasteiger partial charge in [-0.05, 0) is 35.4 Å². The minimum absolute atomic E-state index is 0.152. The molecule has 0 atom stereocenters. The normalized spacial score (nSPS) is 13.8. The molecule has 25 heavy (non-hydrogen) atoms. The van der Waals surface area contributed by atoms with Crippen LogP contribution in [0.3, 0.4) is 0 Å². The average molecular weight is 332 g/mol. The van der Waals surface area contributed by atoms with E-state index in [1.54, 1.807) is 24.3 Å². The zero-order valence-electron chi connectivity index (χ0n) is 13.3. The Kier molecular flexibility index (Phi) is 5.03. The summed E-state index contributed by atoms with van der Waals surface area (Å²) < 4.78 is 0. The SMILES string of the molecule is N#Cc1ccc(C(c2ccc(C#N)cc2)N2CN=C(CNO)N2)cc1. The number of benzene rings is 2. The van der Waals surface area contributed by atoms with E-state index in [-0.39, 0.29) is 12.6 Å². The van der Waals surface area contributed by atoms with Crippen molar-refractivity contribution in [3.8, 4) is 12.1 Å². The fourth-order valence-corrected chi connectivity index (χ4v) is 2.75. The van der Waals surface area contributed by atoms with Crippen LogP contribution < -0.4 is 10.9 Å². The van der Waals surface area contributed by atoms with Gasteiger partial charge in [-0.3, -0.25) is 4.99 Å². The Morgan fingerprint density at radius 2 is 1.56 bits per heavy atom. The van der Waals surface area contributed by atoms with Gasteiger partial charge in [-0.1, -0.05) is 24.3 Å². The second kappa shape index (κ2) is 7.56. The summed E-state index contributed by atoms with van der Waals surface area (Å²) >= 11 is 0. The van der Waals surface area contributed by atoms with Crippen molar-refractivity contribution in [2.75, 3.05) is 13.2 Å². The van der Waals surface area contributed by atoms with E-state index in [1.165, 1.54) is 0 Å². The van der Waals surface area contributed by atoms with Gasteiger partial charge in [0, 0.05) is 0 Å². The largest absolute Gasteiger partial charge is 0.316 e. The lowest BCUT2D eigenvalue weighted by Gasteiger charge is -2.28. The van der Waals surface area contributed by atoms with Crippen LogP contribution in [-0.4, -0.2) is 29.3 Å². The van der Waals surface area contributed by atoms with Gasteiger partial charge in [-0.2, -0.15) is 21.0 Å². The summed E-state index contributed by atoms with van der Waals surface area (Å²) in [5, 5.41) is 28.8. The number of nitriles is 2. The number of nitrogens with one attached hydrogen (secondary N) is 2. The zero-order valence-corrected chi connectivity index (χ0v) is 13.3. The summed E-state index contributed by atoms with van der Waals surface area (Å²) in [6.07, 6.45) is 0. The molecule has 0 saturated heterocycles. The Bertz CT molecular complexity index is 788. The maximum absolute atomic E-state index is 8.99. The van der Waals surface area contributed by atoms with Gasteiger partial charge in [0.05, 0.1) is 35.9 Å². The summed E-state index contributed by atoms with van der Waals surface area (Å²) in [4.78, 5) is 4.35. The minimum atomic E-state index is -0.152. The van der Waals surface area contributed by atoms with E-state index < -0.39 is 0 Å². The van der Waals surface area contributed by atoms with Crippen LogP contribution in [0.1, 0.15) is 28.3 Å². The number of aliphatic imine (C=N–C) groups is 1. The second-order valence-corrected chi connectivity index (χ2v) is 5.53. The van der Waals surface area contributed by atoms with Crippen LogP contribution in [0.5, 0.6) is 0 Å². The number of hydrazine groups is 1. The van der Waals surface area contributed by atoms with E-state index >= 15 is 0 Å². The summed E-state index contributed by atoms with van der Waals surface area (Å²) in [5.74, 6) is 0.634. The molecule has 3 N–H and O–H groups in total. The fraction of sp³-hybridized carbons (Fsp3) is 0.167. The predicted octanol–water partition coefficient (Wildman–Crippen LogP) is 1.67. The van der Waals surface area contributed by atoms with Crippen molar-refractivity contribution in [2.45, 2.75) is 6.04 Å². The van der Waals surface area contributed by atoms with Crippen molar-refractivity contribution in [1.82, 2.24) is 15.9 Å². The first-order valence-corrected chi connectivity index (χ1v) is 7.69. The topological polar surface area (TPSA) is 107 Å². The van der Waals surface area contributed by atoms with Gasteiger partial charge in [0.25, 0.3) is 0 Å². The smallest absolute Gasteiger partial charge is 0.129 e. The molecule has 2 aromatic carbocycles. The molecule has 7 heteroatoms. The molecule has 7 nitrogen and oxygen atoms in total. The predicted molar refractivity (Wildman–Crippen MR) is 91.2 cm³/mol. The molecule has 0 aromatic heterocycles. The molecule has 0 amide bonds.